The van der Waals surface area contributed by atoms with Gasteiger partial charge in [-0.15, -0.1) is 0 Å². The van der Waals surface area contributed by atoms with Crippen LogP contribution in [0.2, 0.25) is 5.15 Å². The molecule has 2 rings (SSSR count). The molecule has 0 aliphatic heterocycles. The first-order valence-corrected chi connectivity index (χ1v) is 5.82. The molecule has 86 valence electrons. The van der Waals surface area contributed by atoms with E-state index in [2.05, 4.69) is 19.9 Å². The number of nitrogens with zero attached hydrogens (tertiary/aromatic N) is 4. The van der Waals surface area contributed by atoms with Crippen LogP contribution in [0, 0.1) is 6.92 Å². The van der Waals surface area contributed by atoms with Gasteiger partial charge in [-0.2, -0.15) is 0 Å². The van der Waals surface area contributed by atoms with E-state index in [0.29, 0.717) is 16.5 Å². The van der Waals surface area contributed by atoms with Gasteiger partial charge in [0.25, 0.3) is 0 Å². The van der Waals surface area contributed by atoms with E-state index in [1.807, 2.05) is 6.92 Å². The molecule has 0 fully saturated rings. The molecule has 2 aromatic rings. The molecule has 2 heterocycles. The van der Waals surface area contributed by atoms with Crippen LogP contribution in [0.25, 0.3) is 0 Å². The number of carbonyl (C=O) groups is 1. The van der Waals surface area contributed by atoms with Crippen LogP contribution in [0.15, 0.2) is 28.9 Å². The Hall–Kier alpha value is -1.53. The van der Waals surface area contributed by atoms with Gasteiger partial charge in [0.05, 0.1) is 5.56 Å². The topological polar surface area (TPSA) is 68.6 Å². The van der Waals surface area contributed by atoms with Gasteiger partial charge in [0.15, 0.2) is 11.4 Å². The van der Waals surface area contributed by atoms with E-state index >= 15 is 0 Å². The monoisotopic (exact) mass is 266 g/mol. The molecule has 5 nitrogen and oxygen atoms in total. The highest BCUT2D eigenvalue weighted by molar-refractivity contribution is 7.99. The van der Waals surface area contributed by atoms with Crippen molar-refractivity contribution in [1.29, 1.82) is 0 Å². The number of hydrogen-bond acceptors (Lipinski definition) is 6. The molecule has 0 atom stereocenters. The van der Waals surface area contributed by atoms with Crippen molar-refractivity contribution in [2.24, 2.45) is 0 Å². The molecule has 0 aliphatic carbocycles. The summed E-state index contributed by atoms with van der Waals surface area (Å²) in [5.74, 6) is 0. The Labute approximate surface area is 107 Å². The third kappa shape index (κ3) is 2.78. The molecule has 0 amide bonds. The van der Waals surface area contributed by atoms with Crippen molar-refractivity contribution in [3.05, 3.63) is 35.0 Å². The first-order valence-electron chi connectivity index (χ1n) is 4.63. The number of carbonyl (C=O) groups excluding carboxylic acids is 1. The molecular formula is C10H7ClN4OS. The molecule has 7 heteroatoms. The Morgan fingerprint density at radius 3 is 2.59 bits per heavy atom. The van der Waals surface area contributed by atoms with Crippen LogP contribution >= 0.6 is 23.4 Å². The van der Waals surface area contributed by atoms with Crippen molar-refractivity contribution in [2.75, 3.05) is 0 Å². The Balaban J connectivity index is 2.33. The molecule has 0 saturated carbocycles. The van der Waals surface area contributed by atoms with Crippen LogP contribution in [-0.4, -0.2) is 26.2 Å². The zero-order chi connectivity index (χ0) is 12.3. The number of aryl methyl sites for hydroxylation is 1. The quantitative estimate of drug-likeness (QED) is 0.482. The maximum Gasteiger partial charge on any atom is 0.193 e. The fourth-order valence-electron chi connectivity index (χ4n) is 1.06. The van der Waals surface area contributed by atoms with E-state index in [1.54, 1.807) is 12.4 Å². The lowest BCUT2D eigenvalue weighted by molar-refractivity contribution is 0.112. The standard InChI is InChI=1S/C10H7ClN4OS/c1-6-2-12-10(13-3-6)17-9-7(4-16)8(11)14-5-15-9/h2-5H,1H3. The maximum absolute atomic E-state index is 10.9. The molecule has 17 heavy (non-hydrogen) atoms. The zero-order valence-corrected chi connectivity index (χ0v) is 10.4. The van der Waals surface area contributed by atoms with E-state index in [1.165, 1.54) is 18.1 Å². The fourth-order valence-corrected chi connectivity index (χ4v) is 2.03. The van der Waals surface area contributed by atoms with Gasteiger partial charge in [-0.25, -0.2) is 19.9 Å². The molecule has 2 aromatic heterocycles. The number of rotatable bonds is 3. The largest absolute Gasteiger partial charge is 0.298 e. The van der Waals surface area contributed by atoms with Crippen LogP contribution in [0.3, 0.4) is 0 Å². The lowest BCUT2D eigenvalue weighted by Crippen LogP contribution is -1.95. The number of aromatic nitrogens is 4. The first kappa shape index (κ1) is 11.9. The summed E-state index contributed by atoms with van der Waals surface area (Å²) in [6.07, 6.45) is 5.31. The summed E-state index contributed by atoms with van der Waals surface area (Å²) >= 11 is 6.96. The molecule has 0 aromatic carbocycles. The van der Waals surface area contributed by atoms with Crippen LogP contribution < -0.4 is 0 Å². The number of hydrogen-bond donors (Lipinski definition) is 0. The van der Waals surface area contributed by atoms with Crippen molar-refractivity contribution >= 4 is 29.6 Å². The van der Waals surface area contributed by atoms with Gasteiger partial charge in [0.1, 0.15) is 16.5 Å². The summed E-state index contributed by atoms with van der Waals surface area (Å²) in [5.41, 5.74) is 1.22. The summed E-state index contributed by atoms with van der Waals surface area (Å²) in [7, 11) is 0. The number of aldehydes is 1. The predicted octanol–water partition coefficient (Wildman–Crippen LogP) is 2.19. The van der Waals surface area contributed by atoms with Crippen molar-refractivity contribution in [3.63, 3.8) is 0 Å². The minimum atomic E-state index is 0.129. The summed E-state index contributed by atoms with van der Waals surface area (Å²) in [6.45, 7) is 1.90. The summed E-state index contributed by atoms with van der Waals surface area (Å²) < 4.78 is 0. The van der Waals surface area contributed by atoms with Crippen molar-refractivity contribution in [3.8, 4) is 0 Å². The highest BCUT2D eigenvalue weighted by Crippen LogP contribution is 2.27. The molecule has 0 bridgehead atoms. The smallest absolute Gasteiger partial charge is 0.193 e. The SMILES string of the molecule is Cc1cnc(Sc2ncnc(Cl)c2C=O)nc1. The molecule has 0 unspecified atom stereocenters. The molecular weight excluding hydrogens is 260 g/mol. The highest BCUT2D eigenvalue weighted by Gasteiger charge is 2.11. The molecule has 0 radical (unpaired) electrons. The average molecular weight is 267 g/mol. The van der Waals surface area contributed by atoms with Gasteiger partial charge in [0, 0.05) is 12.4 Å². The molecule has 0 N–H and O–H groups in total. The summed E-state index contributed by atoms with van der Waals surface area (Å²) in [6, 6.07) is 0. The fraction of sp³-hybridized carbons (Fsp3) is 0.100. The lowest BCUT2D eigenvalue weighted by atomic mass is 10.4. The van der Waals surface area contributed by atoms with Crippen LogP contribution in [0.4, 0.5) is 0 Å². The van der Waals surface area contributed by atoms with Gasteiger partial charge >= 0.3 is 0 Å². The van der Waals surface area contributed by atoms with E-state index in [9.17, 15) is 4.79 Å². The van der Waals surface area contributed by atoms with Crippen molar-refractivity contribution in [2.45, 2.75) is 17.1 Å². The van der Waals surface area contributed by atoms with Gasteiger partial charge in [0.2, 0.25) is 0 Å². The van der Waals surface area contributed by atoms with Gasteiger partial charge in [-0.1, -0.05) is 11.6 Å². The Kier molecular flexibility index (Phi) is 3.65. The van der Waals surface area contributed by atoms with E-state index < -0.39 is 0 Å². The Morgan fingerprint density at radius 1 is 1.24 bits per heavy atom. The van der Waals surface area contributed by atoms with Crippen molar-refractivity contribution < 1.29 is 4.79 Å². The second-order valence-corrected chi connectivity index (χ2v) is 4.46. The molecule has 0 saturated heterocycles. The molecule has 0 spiro atoms. The second-order valence-electron chi connectivity index (χ2n) is 3.15. The Bertz CT molecular complexity index is 547. The van der Waals surface area contributed by atoms with Gasteiger partial charge in [-0.3, -0.25) is 4.79 Å². The van der Waals surface area contributed by atoms with Crippen LogP contribution in [-0.2, 0) is 0 Å². The van der Waals surface area contributed by atoms with Crippen LogP contribution in [0.1, 0.15) is 15.9 Å². The normalized spacial score (nSPS) is 10.2. The van der Waals surface area contributed by atoms with Gasteiger partial charge < -0.3 is 0 Å². The average Bonchev–Trinajstić information content (AvgIpc) is 2.32. The maximum atomic E-state index is 10.9. The first-order chi connectivity index (χ1) is 8.20. The minimum Gasteiger partial charge on any atom is -0.298 e. The van der Waals surface area contributed by atoms with Crippen molar-refractivity contribution in [1.82, 2.24) is 19.9 Å². The van der Waals surface area contributed by atoms with Gasteiger partial charge in [-0.05, 0) is 24.2 Å². The van der Waals surface area contributed by atoms with E-state index in [4.69, 9.17) is 11.6 Å². The third-order valence-electron chi connectivity index (χ3n) is 1.86. The highest BCUT2D eigenvalue weighted by atomic mass is 35.5. The Morgan fingerprint density at radius 2 is 1.94 bits per heavy atom. The summed E-state index contributed by atoms with van der Waals surface area (Å²) in [4.78, 5) is 26.8. The third-order valence-corrected chi connectivity index (χ3v) is 3.08. The predicted molar refractivity (Wildman–Crippen MR) is 63.3 cm³/mol. The number of halogens is 1. The van der Waals surface area contributed by atoms with E-state index in [-0.39, 0.29) is 10.7 Å². The lowest BCUT2D eigenvalue weighted by Gasteiger charge is -2.02. The minimum absolute atomic E-state index is 0.129. The molecule has 0 aliphatic rings. The second kappa shape index (κ2) is 5.20. The summed E-state index contributed by atoms with van der Waals surface area (Å²) in [5, 5.41) is 1.09. The van der Waals surface area contributed by atoms with E-state index in [0.717, 1.165) is 5.56 Å². The zero-order valence-electron chi connectivity index (χ0n) is 8.79. The van der Waals surface area contributed by atoms with Crippen LogP contribution in [0.5, 0.6) is 0 Å².